The minimum atomic E-state index is -3.79. The zero-order chi connectivity index (χ0) is 26.6. The summed E-state index contributed by atoms with van der Waals surface area (Å²) in [5, 5.41) is 7.65. The van der Waals surface area contributed by atoms with Gasteiger partial charge in [-0.2, -0.15) is 0 Å². The molecule has 0 spiro atoms. The van der Waals surface area contributed by atoms with Gasteiger partial charge in [0.05, 0.1) is 45.2 Å². The topological polar surface area (TPSA) is 131 Å². The molecular weight excluding hydrogens is 503 g/mol. The van der Waals surface area contributed by atoms with Gasteiger partial charge in [0.15, 0.2) is 27.3 Å². The summed E-state index contributed by atoms with van der Waals surface area (Å²) in [6.07, 6.45) is 5.11. The van der Waals surface area contributed by atoms with Crippen molar-refractivity contribution in [3.05, 3.63) is 66.5 Å². The Morgan fingerprint density at radius 3 is 2.27 bits per heavy atom. The van der Waals surface area contributed by atoms with E-state index in [0.29, 0.717) is 34.3 Å². The zero-order valence-corrected chi connectivity index (χ0v) is 21.4. The van der Waals surface area contributed by atoms with E-state index in [1.165, 1.54) is 21.3 Å². The maximum absolute atomic E-state index is 13.4. The fourth-order valence-corrected chi connectivity index (χ4v) is 4.92. The molecular formula is C24H25FN6O5S. The van der Waals surface area contributed by atoms with Crippen molar-refractivity contribution in [1.82, 2.24) is 29.7 Å². The number of rotatable bonds is 10. The molecule has 0 N–H and O–H groups in total. The predicted octanol–water partition coefficient (Wildman–Crippen LogP) is 2.83. The van der Waals surface area contributed by atoms with Crippen LogP contribution in [0.15, 0.2) is 49.1 Å². The summed E-state index contributed by atoms with van der Waals surface area (Å²) in [4.78, 5) is 11.9. The van der Waals surface area contributed by atoms with Crippen LogP contribution in [0.25, 0.3) is 17.1 Å². The van der Waals surface area contributed by atoms with Crippen molar-refractivity contribution in [1.29, 1.82) is 0 Å². The first-order chi connectivity index (χ1) is 17.8. The Morgan fingerprint density at radius 2 is 1.65 bits per heavy atom. The number of ether oxygens (including phenoxy) is 3. The summed E-state index contributed by atoms with van der Waals surface area (Å²) < 4.78 is 58.0. The highest BCUT2D eigenvalue weighted by atomic mass is 32.2. The minimum absolute atomic E-state index is 0.00138. The molecule has 0 amide bonds. The third-order valence-electron chi connectivity index (χ3n) is 5.65. The Morgan fingerprint density at radius 1 is 0.973 bits per heavy atom. The van der Waals surface area contributed by atoms with Crippen molar-refractivity contribution in [3.8, 4) is 34.3 Å². The van der Waals surface area contributed by atoms with Crippen LogP contribution in [0, 0.1) is 5.82 Å². The maximum Gasteiger partial charge on any atom is 0.170 e. The van der Waals surface area contributed by atoms with Gasteiger partial charge >= 0.3 is 0 Å². The van der Waals surface area contributed by atoms with Crippen LogP contribution in [0.4, 0.5) is 4.39 Å². The summed E-state index contributed by atoms with van der Waals surface area (Å²) in [6, 6.07) is 6.90. The lowest BCUT2D eigenvalue weighted by molar-refractivity contribution is 0.390. The normalized spacial score (nSPS) is 12.2. The van der Waals surface area contributed by atoms with E-state index in [1.54, 1.807) is 48.1 Å². The summed E-state index contributed by atoms with van der Waals surface area (Å²) in [5.74, 6) is 0.931. The summed E-state index contributed by atoms with van der Waals surface area (Å²) in [7, 11) is 0.714. The molecule has 0 aliphatic carbocycles. The average Bonchev–Trinajstić information content (AvgIpc) is 3.31. The number of methoxy groups -OCH3 is 3. The Labute approximate surface area is 213 Å². The van der Waals surface area contributed by atoms with Crippen molar-refractivity contribution in [2.24, 2.45) is 0 Å². The van der Waals surface area contributed by atoms with E-state index in [2.05, 4.69) is 25.1 Å². The van der Waals surface area contributed by atoms with E-state index in [-0.39, 0.29) is 18.1 Å². The Kier molecular flexibility index (Phi) is 7.62. The number of sulfone groups is 1. The molecule has 0 aliphatic heterocycles. The number of nitrogens with zero attached hydrogens (tertiary/aromatic N) is 6. The maximum atomic E-state index is 13.4. The first kappa shape index (κ1) is 25.9. The number of halogens is 1. The van der Waals surface area contributed by atoms with Gasteiger partial charge < -0.3 is 14.2 Å². The number of hydrogen-bond acceptors (Lipinski definition) is 10. The first-order valence-corrected chi connectivity index (χ1v) is 12.8. The third-order valence-corrected chi connectivity index (χ3v) is 7.70. The lowest BCUT2D eigenvalue weighted by Gasteiger charge is -2.18. The molecule has 11 nitrogen and oxygen atoms in total. The first-order valence-electron chi connectivity index (χ1n) is 11.1. The summed E-state index contributed by atoms with van der Waals surface area (Å²) in [5.41, 5.74) is 0.964. The van der Waals surface area contributed by atoms with Crippen molar-refractivity contribution in [2.75, 3.05) is 21.3 Å². The van der Waals surface area contributed by atoms with Crippen molar-refractivity contribution < 1.29 is 27.0 Å². The van der Waals surface area contributed by atoms with Crippen LogP contribution in [0.2, 0.25) is 0 Å². The second-order valence-corrected chi connectivity index (χ2v) is 10.5. The minimum Gasteiger partial charge on any atom is -0.495 e. The molecule has 0 fully saturated rings. The van der Waals surface area contributed by atoms with Gasteiger partial charge in [-0.1, -0.05) is 6.07 Å². The number of aromatic nitrogens is 6. The lowest BCUT2D eigenvalue weighted by atomic mass is 10.2. The van der Waals surface area contributed by atoms with Gasteiger partial charge in [0.2, 0.25) is 0 Å². The molecule has 0 radical (unpaired) electrons. The average molecular weight is 529 g/mol. The number of benzene rings is 1. The van der Waals surface area contributed by atoms with Gasteiger partial charge in [-0.3, -0.25) is 9.55 Å². The molecule has 194 valence electrons. The van der Waals surface area contributed by atoms with E-state index in [9.17, 15) is 12.8 Å². The van der Waals surface area contributed by atoms with Gasteiger partial charge in [-0.05, 0) is 25.1 Å². The molecule has 0 bridgehead atoms. The molecule has 0 aliphatic rings. The largest absolute Gasteiger partial charge is 0.495 e. The predicted molar refractivity (Wildman–Crippen MR) is 132 cm³/mol. The van der Waals surface area contributed by atoms with Crippen molar-refractivity contribution in [3.63, 3.8) is 0 Å². The second kappa shape index (κ2) is 10.9. The zero-order valence-electron chi connectivity index (χ0n) is 20.6. The Balaban J connectivity index is 1.82. The Bertz CT molecular complexity index is 1470. The molecule has 13 heteroatoms. The third kappa shape index (κ3) is 5.50. The molecule has 4 aromatic rings. The highest BCUT2D eigenvalue weighted by Gasteiger charge is 2.29. The smallest absolute Gasteiger partial charge is 0.170 e. The van der Waals surface area contributed by atoms with Gasteiger partial charge in [0.1, 0.15) is 34.5 Å². The molecule has 4 rings (SSSR count). The van der Waals surface area contributed by atoms with E-state index in [0.717, 1.165) is 12.4 Å². The lowest BCUT2D eigenvalue weighted by Crippen LogP contribution is -2.24. The standard InChI is InChI=1S/C24H25FN6O5S/c1-15(8-21-27-11-17(25)12-28-21)37(32,33)14-22-29-30-24(16-9-18(34-2)13-26-10-16)31(22)23-19(35-3)6-5-7-20(23)36-4/h5-7,9-13,15H,8,14H2,1-4H3/t15-/m0/s1. The van der Waals surface area contributed by atoms with E-state index in [4.69, 9.17) is 14.2 Å². The van der Waals surface area contributed by atoms with Gasteiger partial charge in [-0.15, -0.1) is 10.2 Å². The van der Waals surface area contributed by atoms with Crippen LogP contribution in [-0.2, 0) is 22.0 Å². The van der Waals surface area contributed by atoms with Gasteiger partial charge in [0, 0.05) is 18.2 Å². The highest BCUT2D eigenvalue weighted by Crippen LogP contribution is 2.37. The molecule has 3 heterocycles. The number of para-hydroxylation sites is 1. The molecule has 0 saturated carbocycles. The quantitative estimate of drug-likeness (QED) is 0.303. The summed E-state index contributed by atoms with van der Waals surface area (Å²) >= 11 is 0. The monoisotopic (exact) mass is 528 g/mol. The van der Waals surface area contributed by atoms with Crippen LogP contribution in [0.1, 0.15) is 18.6 Å². The van der Waals surface area contributed by atoms with E-state index in [1.807, 2.05) is 0 Å². The Hall–Kier alpha value is -4.13. The number of hydrogen-bond donors (Lipinski definition) is 0. The fraction of sp³-hybridized carbons (Fsp3) is 0.292. The molecule has 1 aromatic carbocycles. The molecule has 37 heavy (non-hydrogen) atoms. The number of pyridine rings is 1. The van der Waals surface area contributed by atoms with Crippen LogP contribution >= 0.6 is 0 Å². The van der Waals surface area contributed by atoms with Crippen LogP contribution in [-0.4, -0.2) is 64.7 Å². The van der Waals surface area contributed by atoms with Crippen LogP contribution < -0.4 is 14.2 Å². The molecule has 3 aromatic heterocycles. The molecule has 0 saturated heterocycles. The molecule has 1 atom stereocenters. The highest BCUT2D eigenvalue weighted by molar-refractivity contribution is 7.91. The second-order valence-electron chi connectivity index (χ2n) is 8.04. The van der Waals surface area contributed by atoms with Gasteiger partial charge in [-0.25, -0.2) is 22.8 Å². The summed E-state index contributed by atoms with van der Waals surface area (Å²) in [6.45, 7) is 1.54. The van der Waals surface area contributed by atoms with Crippen molar-refractivity contribution >= 4 is 9.84 Å². The van der Waals surface area contributed by atoms with Gasteiger partial charge in [0.25, 0.3) is 0 Å². The van der Waals surface area contributed by atoms with Crippen LogP contribution in [0.5, 0.6) is 17.2 Å². The van der Waals surface area contributed by atoms with E-state index < -0.39 is 26.7 Å². The SMILES string of the molecule is COc1cncc(-c2nnc(CS(=O)(=O)[C@@H](C)Cc3ncc(F)cn3)n2-c2c(OC)cccc2OC)c1. The van der Waals surface area contributed by atoms with Crippen molar-refractivity contribution in [2.45, 2.75) is 24.3 Å². The fourth-order valence-electron chi connectivity index (χ4n) is 3.69. The van der Waals surface area contributed by atoms with E-state index >= 15 is 0 Å². The van der Waals surface area contributed by atoms with Crippen LogP contribution in [0.3, 0.4) is 0 Å². The molecule has 0 unspecified atom stereocenters.